The van der Waals surface area contributed by atoms with Gasteiger partial charge in [-0.15, -0.1) is 10.2 Å². The van der Waals surface area contributed by atoms with Crippen molar-refractivity contribution in [2.24, 2.45) is 5.10 Å². The van der Waals surface area contributed by atoms with Crippen LogP contribution in [0.4, 0.5) is 17.2 Å². The van der Waals surface area contributed by atoms with Gasteiger partial charge in [0.1, 0.15) is 5.82 Å². The van der Waals surface area contributed by atoms with Gasteiger partial charge in [-0.3, -0.25) is 19.3 Å². The summed E-state index contributed by atoms with van der Waals surface area (Å²) in [4.78, 5) is 27.8. The van der Waals surface area contributed by atoms with E-state index in [1.54, 1.807) is 0 Å². The minimum absolute atomic E-state index is 0.0392. The Morgan fingerprint density at radius 1 is 1.14 bits per heavy atom. The van der Waals surface area contributed by atoms with E-state index in [0.29, 0.717) is 17.2 Å². The highest BCUT2D eigenvalue weighted by Crippen LogP contribution is 2.37. The Kier molecular flexibility index (Phi) is 5.22. The largest absolute Gasteiger partial charge is 0.454 e. The smallest absolute Gasteiger partial charge is 0.282 e. The van der Waals surface area contributed by atoms with Gasteiger partial charge in [0.05, 0.1) is 29.2 Å². The van der Waals surface area contributed by atoms with Crippen molar-refractivity contribution in [1.82, 2.24) is 35.3 Å². The second-order valence-electron chi connectivity index (χ2n) is 7.63. The Morgan fingerprint density at radius 3 is 2.76 bits per heavy atom. The summed E-state index contributed by atoms with van der Waals surface area (Å²) in [5.41, 5.74) is 3.66. The minimum Gasteiger partial charge on any atom is -0.454 e. The maximum atomic E-state index is 12.6. The van der Waals surface area contributed by atoms with E-state index >= 15 is 0 Å². The number of amides is 1. The van der Waals surface area contributed by atoms with Gasteiger partial charge in [-0.1, -0.05) is 18.2 Å². The molecule has 16 nitrogen and oxygen atoms in total. The molecule has 16 heteroatoms. The Labute approximate surface area is 205 Å². The number of hydrazone groups is 1. The van der Waals surface area contributed by atoms with Crippen LogP contribution in [0, 0.1) is 10.1 Å². The maximum absolute atomic E-state index is 12.6. The van der Waals surface area contributed by atoms with E-state index in [2.05, 4.69) is 41.3 Å². The lowest BCUT2D eigenvalue weighted by molar-refractivity contribution is -0.385. The minimum atomic E-state index is -0.584. The summed E-state index contributed by atoms with van der Waals surface area (Å²) in [5.74, 6) is 0.591. The molecule has 0 bridgehead atoms. The van der Waals surface area contributed by atoms with Crippen LogP contribution in [-0.2, 0) is 11.2 Å². The van der Waals surface area contributed by atoms with Gasteiger partial charge in [-0.25, -0.2) is 15.0 Å². The number of fused-ring (bicyclic) bond motifs is 4. The molecule has 0 aliphatic carbocycles. The highest BCUT2D eigenvalue weighted by atomic mass is 16.7. The molecule has 0 atom stereocenters. The van der Waals surface area contributed by atoms with Crippen LogP contribution in [0.1, 0.15) is 11.4 Å². The number of nitrogens with zero attached hydrogens (tertiary/aromatic N) is 8. The summed E-state index contributed by atoms with van der Waals surface area (Å²) >= 11 is 0. The van der Waals surface area contributed by atoms with Crippen LogP contribution >= 0.6 is 0 Å². The second kappa shape index (κ2) is 8.84. The third-order valence-corrected chi connectivity index (χ3v) is 5.29. The molecule has 0 fully saturated rings. The standard InChI is InChI=1S/C21H14N10O6/c32-17(26-22-9-11-6-14-15(36-10-35-14)7-13(11)31(33)34)8-16-25-27-20-18(23-12-4-2-1-3-5-12)24-19-21(30(16)20)29-37-28-19/h1-7,9H,8,10H2,(H,26,32)(H,23,24,28)/b22-9+. The molecule has 1 amide bonds. The average Bonchev–Trinajstić information content (AvgIpc) is 3.63. The fourth-order valence-electron chi connectivity index (χ4n) is 3.66. The van der Waals surface area contributed by atoms with Crippen LogP contribution in [0.2, 0.25) is 0 Å². The van der Waals surface area contributed by atoms with Crippen LogP contribution in [0.3, 0.4) is 0 Å². The fraction of sp³-hybridized carbons (Fsp3) is 0.0952. The lowest BCUT2D eigenvalue weighted by Crippen LogP contribution is -2.21. The Morgan fingerprint density at radius 2 is 1.95 bits per heavy atom. The summed E-state index contributed by atoms with van der Waals surface area (Å²) in [7, 11) is 0. The molecule has 37 heavy (non-hydrogen) atoms. The number of carbonyl (C=O) groups is 1. The second-order valence-corrected chi connectivity index (χ2v) is 7.63. The molecular formula is C21H14N10O6. The first-order valence-electron chi connectivity index (χ1n) is 10.6. The Balaban J connectivity index is 1.25. The van der Waals surface area contributed by atoms with Crippen LogP contribution < -0.4 is 20.2 Å². The van der Waals surface area contributed by atoms with E-state index < -0.39 is 10.8 Å². The third kappa shape index (κ3) is 4.07. The van der Waals surface area contributed by atoms with E-state index in [4.69, 9.17) is 14.1 Å². The molecule has 0 spiro atoms. The van der Waals surface area contributed by atoms with Crippen LogP contribution in [0.25, 0.3) is 16.9 Å². The number of rotatable bonds is 7. The lowest BCUT2D eigenvalue weighted by Gasteiger charge is -2.06. The molecule has 2 N–H and O–H groups in total. The maximum Gasteiger partial charge on any atom is 0.282 e. The summed E-state index contributed by atoms with van der Waals surface area (Å²) in [6.07, 6.45) is 0.893. The molecule has 0 saturated carbocycles. The predicted octanol–water partition coefficient (Wildman–Crippen LogP) is 1.73. The number of anilines is 2. The number of para-hydroxylation sites is 1. The first-order chi connectivity index (χ1) is 18.1. The van der Waals surface area contributed by atoms with E-state index in [1.807, 2.05) is 30.3 Å². The van der Waals surface area contributed by atoms with Crippen molar-refractivity contribution < 1.29 is 23.8 Å². The number of nitro groups is 1. The van der Waals surface area contributed by atoms with Crippen molar-refractivity contribution in [1.29, 1.82) is 0 Å². The number of nitro benzene ring substituents is 1. The molecule has 6 rings (SSSR count). The van der Waals surface area contributed by atoms with Crippen LogP contribution in [-0.4, -0.2) is 53.7 Å². The molecular weight excluding hydrogens is 488 g/mol. The zero-order valence-electron chi connectivity index (χ0n) is 18.6. The number of hydrogen-bond acceptors (Lipinski definition) is 13. The number of ether oxygens (including phenoxy) is 2. The zero-order chi connectivity index (χ0) is 25.4. The molecule has 3 aromatic heterocycles. The Bertz CT molecular complexity index is 1700. The first kappa shape index (κ1) is 21.8. The van der Waals surface area contributed by atoms with Gasteiger partial charge >= 0.3 is 0 Å². The van der Waals surface area contributed by atoms with Crippen LogP contribution in [0.15, 0.2) is 52.2 Å². The van der Waals surface area contributed by atoms with Gasteiger partial charge in [0.2, 0.25) is 29.6 Å². The number of nitrogens with one attached hydrogen (secondary N) is 2. The molecule has 5 aromatic rings. The number of hydrogen-bond donors (Lipinski definition) is 2. The fourth-order valence-corrected chi connectivity index (χ4v) is 3.66. The van der Waals surface area contributed by atoms with E-state index in [1.165, 1.54) is 16.5 Å². The molecule has 1 aliphatic heterocycles. The van der Waals surface area contributed by atoms with Gasteiger partial charge in [0.25, 0.3) is 5.69 Å². The molecule has 2 aromatic carbocycles. The van der Waals surface area contributed by atoms with Crippen molar-refractivity contribution in [3.63, 3.8) is 0 Å². The van der Waals surface area contributed by atoms with E-state index in [9.17, 15) is 14.9 Å². The van der Waals surface area contributed by atoms with Crippen molar-refractivity contribution in [3.8, 4) is 11.5 Å². The third-order valence-electron chi connectivity index (χ3n) is 5.29. The topological polar surface area (TPSA) is 197 Å². The number of aromatic nitrogens is 6. The number of carbonyl (C=O) groups excluding carboxylic acids is 1. The van der Waals surface area contributed by atoms with Gasteiger partial charge in [0, 0.05) is 5.69 Å². The summed E-state index contributed by atoms with van der Waals surface area (Å²) < 4.78 is 16.7. The summed E-state index contributed by atoms with van der Waals surface area (Å²) in [6.45, 7) is -0.0392. The van der Waals surface area contributed by atoms with E-state index in [-0.39, 0.29) is 47.3 Å². The summed E-state index contributed by atoms with van der Waals surface area (Å²) in [5, 5.41) is 34.3. The van der Waals surface area contributed by atoms with Gasteiger partial charge in [0.15, 0.2) is 17.3 Å². The van der Waals surface area contributed by atoms with E-state index in [0.717, 1.165) is 11.9 Å². The quantitative estimate of drug-likeness (QED) is 0.186. The van der Waals surface area contributed by atoms with Gasteiger partial charge in [-0.2, -0.15) is 5.10 Å². The normalized spacial score (nSPS) is 12.4. The Hall–Kier alpha value is -5.67. The highest BCUT2D eigenvalue weighted by Gasteiger charge is 2.23. The average molecular weight is 502 g/mol. The van der Waals surface area contributed by atoms with Gasteiger partial charge in [-0.05, 0) is 28.5 Å². The van der Waals surface area contributed by atoms with Crippen molar-refractivity contribution in [2.75, 3.05) is 12.1 Å². The van der Waals surface area contributed by atoms with Crippen molar-refractivity contribution in [2.45, 2.75) is 6.42 Å². The summed E-state index contributed by atoms with van der Waals surface area (Å²) in [6, 6.07) is 11.9. The molecule has 1 aliphatic rings. The first-order valence-corrected chi connectivity index (χ1v) is 10.6. The van der Waals surface area contributed by atoms with Crippen molar-refractivity contribution in [3.05, 3.63) is 64.0 Å². The number of benzene rings is 2. The molecule has 0 unspecified atom stereocenters. The zero-order valence-corrected chi connectivity index (χ0v) is 18.6. The SMILES string of the molecule is O=C(Cc1nnc2c(Nc3ccccc3)nc3nonc3n12)N/N=C/c1cc2c(cc1[N+](=O)[O-])OCO2. The molecule has 184 valence electrons. The van der Waals surface area contributed by atoms with Gasteiger partial charge < -0.3 is 14.8 Å². The van der Waals surface area contributed by atoms with Crippen molar-refractivity contribution >= 4 is 46.3 Å². The molecule has 0 radical (unpaired) electrons. The highest BCUT2D eigenvalue weighted by molar-refractivity contribution is 5.88. The monoisotopic (exact) mass is 502 g/mol. The molecule has 0 saturated heterocycles. The van der Waals surface area contributed by atoms with Crippen LogP contribution in [0.5, 0.6) is 11.5 Å². The lowest BCUT2D eigenvalue weighted by atomic mass is 10.1. The predicted molar refractivity (Wildman–Crippen MR) is 125 cm³/mol. The molecule has 4 heterocycles.